The van der Waals surface area contributed by atoms with Crippen molar-refractivity contribution in [3.63, 3.8) is 0 Å². The van der Waals surface area contributed by atoms with Gasteiger partial charge in [0.15, 0.2) is 0 Å². The summed E-state index contributed by atoms with van der Waals surface area (Å²) in [7, 11) is 0. The molecule has 1 aliphatic heterocycles. The van der Waals surface area contributed by atoms with Crippen LogP contribution in [0.25, 0.3) is 0 Å². The quantitative estimate of drug-likeness (QED) is 0.922. The molecule has 1 heterocycles. The van der Waals surface area contributed by atoms with Gasteiger partial charge in [-0.05, 0) is 30.2 Å². The number of hydrogen-bond acceptors (Lipinski definition) is 2. The molecule has 1 unspecified atom stereocenters. The SMILES string of the molecule is Cc1cc(F)c(NCC2Cc3ccccc3O2)cc1F. The lowest BCUT2D eigenvalue weighted by atomic mass is 10.1. The number of para-hydroxylation sites is 1. The second kappa shape index (κ2) is 5.12. The molecule has 0 spiro atoms. The smallest absolute Gasteiger partial charge is 0.146 e. The van der Waals surface area contributed by atoms with Gasteiger partial charge >= 0.3 is 0 Å². The first-order valence-electron chi connectivity index (χ1n) is 6.57. The molecule has 104 valence electrons. The third kappa shape index (κ3) is 2.46. The van der Waals surface area contributed by atoms with Crippen LogP contribution >= 0.6 is 0 Å². The average molecular weight is 275 g/mol. The number of fused-ring (bicyclic) bond motifs is 1. The Hall–Kier alpha value is -2.10. The zero-order chi connectivity index (χ0) is 14.1. The van der Waals surface area contributed by atoms with Gasteiger partial charge in [0.2, 0.25) is 0 Å². The average Bonchev–Trinajstić information content (AvgIpc) is 2.84. The van der Waals surface area contributed by atoms with Gasteiger partial charge in [-0.1, -0.05) is 18.2 Å². The summed E-state index contributed by atoms with van der Waals surface area (Å²) in [6, 6.07) is 10.2. The van der Waals surface area contributed by atoms with E-state index in [0.29, 0.717) is 12.1 Å². The Morgan fingerprint density at radius 2 is 2.00 bits per heavy atom. The van der Waals surface area contributed by atoms with E-state index in [2.05, 4.69) is 5.32 Å². The molecule has 4 heteroatoms. The molecule has 0 aliphatic carbocycles. The second-order valence-electron chi connectivity index (χ2n) is 5.01. The summed E-state index contributed by atoms with van der Waals surface area (Å²) in [5, 5.41) is 2.92. The summed E-state index contributed by atoms with van der Waals surface area (Å²) >= 11 is 0. The first-order chi connectivity index (χ1) is 9.63. The number of aryl methyl sites for hydroxylation is 1. The zero-order valence-corrected chi connectivity index (χ0v) is 11.1. The van der Waals surface area contributed by atoms with Crippen molar-refractivity contribution in [3.8, 4) is 5.75 Å². The first-order valence-corrected chi connectivity index (χ1v) is 6.57. The van der Waals surface area contributed by atoms with Crippen molar-refractivity contribution in [3.05, 3.63) is 59.2 Å². The number of halogens is 2. The van der Waals surface area contributed by atoms with Gasteiger partial charge < -0.3 is 10.1 Å². The van der Waals surface area contributed by atoms with Gasteiger partial charge in [-0.25, -0.2) is 8.78 Å². The fraction of sp³-hybridized carbons (Fsp3) is 0.250. The molecule has 0 fully saturated rings. The van der Waals surface area contributed by atoms with Gasteiger partial charge in [0, 0.05) is 12.5 Å². The molecule has 1 aliphatic rings. The minimum Gasteiger partial charge on any atom is -0.488 e. The molecule has 1 atom stereocenters. The Morgan fingerprint density at radius 3 is 2.80 bits per heavy atom. The molecule has 2 nitrogen and oxygen atoms in total. The van der Waals surface area contributed by atoms with Crippen LogP contribution < -0.4 is 10.1 Å². The van der Waals surface area contributed by atoms with E-state index >= 15 is 0 Å². The molecule has 2 aromatic rings. The van der Waals surface area contributed by atoms with Gasteiger partial charge in [0.25, 0.3) is 0 Å². The Labute approximate surface area is 116 Å². The first kappa shape index (κ1) is 12.9. The van der Waals surface area contributed by atoms with E-state index in [4.69, 9.17) is 4.74 Å². The van der Waals surface area contributed by atoms with Gasteiger partial charge in [-0.3, -0.25) is 0 Å². The highest BCUT2D eigenvalue weighted by molar-refractivity contribution is 5.47. The Kier molecular flexibility index (Phi) is 3.30. The maximum absolute atomic E-state index is 13.7. The fourth-order valence-electron chi connectivity index (χ4n) is 2.37. The van der Waals surface area contributed by atoms with E-state index in [1.54, 1.807) is 6.92 Å². The maximum atomic E-state index is 13.7. The number of benzene rings is 2. The molecule has 2 aromatic carbocycles. The van der Waals surface area contributed by atoms with Crippen molar-refractivity contribution in [2.24, 2.45) is 0 Å². The number of hydrogen-bond donors (Lipinski definition) is 1. The molecule has 0 aromatic heterocycles. The Morgan fingerprint density at radius 1 is 1.20 bits per heavy atom. The lowest BCUT2D eigenvalue weighted by Gasteiger charge is -2.14. The lowest BCUT2D eigenvalue weighted by molar-refractivity contribution is 0.246. The summed E-state index contributed by atoms with van der Waals surface area (Å²) < 4.78 is 32.9. The molecule has 20 heavy (non-hydrogen) atoms. The maximum Gasteiger partial charge on any atom is 0.146 e. The van der Waals surface area contributed by atoms with E-state index in [9.17, 15) is 8.78 Å². The van der Waals surface area contributed by atoms with Crippen LogP contribution in [-0.4, -0.2) is 12.6 Å². The standard InChI is InChI=1S/C16H15F2NO/c1-10-6-14(18)15(8-13(10)17)19-9-12-7-11-4-2-3-5-16(11)20-12/h2-6,8,12,19H,7,9H2,1H3. The fourth-order valence-corrected chi connectivity index (χ4v) is 2.37. The van der Waals surface area contributed by atoms with Crippen molar-refractivity contribution in [1.29, 1.82) is 0 Å². The largest absolute Gasteiger partial charge is 0.488 e. The van der Waals surface area contributed by atoms with E-state index in [-0.39, 0.29) is 11.8 Å². The van der Waals surface area contributed by atoms with Crippen LogP contribution in [0.3, 0.4) is 0 Å². The highest BCUT2D eigenvalue weighted by atomic mass is 19.1. The van der Waals surface area contributed by atoms with Crippen LogP contribution in [0.15, 0.2) is 36.4 Å². The van der Waals surface area contributed by atoms with Crippen molar-refractivity contribution in [1.82, 2.24) is 0 Å². The van der Waals surface area contributed by atoms with Gasteiger partial charge in [-0.2, -0.15) is 0 Å². The Bertz CT molecular complexity index is 617. The van der Waals surface area contributed by atoms with E-state index in [1.165, 1.54) is 12.1 Å². The topological polar surface area (TPSA) is 21.3 Å². The molecule has 0 radical (unpaired) electrons. The molecule has 1 N–H and O–H groups in total. The van der Waals surface area contributed by atoms with Crippen LogP contribution in [-0.2, 0) is 6.42 Å². The molecular weight excluding hydrogens is 260 g/mol. The number of nitrogens with one attached hydrogen (secondary N) is 1. The van der Waals surface area contributed by atoms with Crippen LogP contribution in [0.1, 0.15) is 11.1 Å². The summed E-state index contributed by atoms with van der Waals surface area (Å²) in [4.78, 5) is 0. The molecular formula is C16H15F2NO. The molecule has 0 saturated carbocycles. The van der Waals surface area contributed by atoms with E-state index in [0.717, 1.165) is 17.7 Å². The lowest BCUT2D eigenvalue weighted by Crippen LogP contribution is -2.24. The van der Waals surface area contributed by atoms with Gasteiger partial charge in [0.1, 0.15) is 23.5 Å². The monoisotopic (exact) mass is 275 g/mol. The zero-order valence-electron chi connectivity index (χ0n) is 11.1. The third-order valence-electron chi connectivity index (χ3n) is 3.48. The number of anilines is 1. The highest BCUT2D eigenvalue weighted by Crippen LogP contribution is 2.28. The predicted molar refractivity (Wildman–Crippen MR) is 74.1 cm³/mol. The van der Waals surface area contributed by atoms with E-state index < -0.39 is 11.6 Å². The van der Waals surface area contributed by atoms with Gasteiger partial charge in [-0.15, -0.1) is 0 Å². The normalized spacial score (nSPS) is 16.6. The van der Waals surface area contributed by atoms with Crippen molar-refractivity contribution >= 4 is 5.69 Å². The van der Waals surface area contributed by atoms with Crippen molar-refractivity contribution in [2.75, 3.05) is 11.9 Å². The second-order valence-corrected chi connectivity index (χ2v) is 5.01. The van der Waals surface area contributed by atoms with E-state index in [1.807, 2.05) is 24.3 Å². The number of rotatable bonds is 3. The summed E-state index contributed by atoms with van der Waals surface area (Å²) in [5.74, 6) is 0.0128. The minimum absolute atomic E-state index is 0.0591. The molecule has 0 amide bonds. The molecule has 0 saturated heterocycles. The van der Waals surface area contributed by atoms with Crippen LogP contribution in [0.4, 0.5) is 14.5 Å². The van der Waals surface area contributed by atoms with Gasteiger partial charge in [0.05, 0.1) is 12.2 Å². The molecule has 0 bridgehead atoms. The van der Waals surface area contributed by atoms with Crippen molar-refractivity contribution < 1.29 is 13.5 Å². The van der Waals surface area contributed by atoms with Crippen LogP contribution in [0, 0.1) is 18.6 Å². The summed E-state index contributed by atoms with van der Waals surface area (Å²) in [6.07, 6.45) is 0.718. The number of ether oxygens (including phenoxy) is 1. The third-order valence-corrected chi connectivity index (χ3v) is 3.48. The predicted octanol–water partition coefficient (Wildman–Crippen LogP) is 3.69. The Balaban J connectivity index is 1.66. The summed E-state index contributed by atoms with van der Waals surface area (Å²) in [5.41, 5.74) is 1.63. The molecule has 3 rings (SSSR count). The highest BCUT2D eigenvalue weighted by Gasteiger charge is 2.22. The summed E-state index contributed by atoms with van der Waals surface area (Å²) in [6.45, 7) is 1.98. The van der Waals surface area contributed by atoms with Crippen LogP contribution in [0.5, 0.6) is 5.75 Å². The minimum atomic E-state index is -0.445. The van der Waals surface area contributed by atoms with Crippen molar-refractivity contribution in [2.45, 2.75) is 19.4 Å². The van der Waals surface area contributed by atoms with Crippen LogP contribution in [0.2, 0.25) is 0 Å².